The zero-order chi connectivity index (χ0) is 20.2. The van der Waals surface area contributed by atoms with Gasteiger partial charge in [0.2, 0.25) is 5.91 Å². The Bertz CT molecular complexity index is 945. The smallest absolute Gasteiger partial charge is 0.223 e. The van der Waals surface area contributed by atoms with Gasteiger partial charge in [-0.1, -0.05) is 6.92 Å². The fourth-order valence-electron chi connectivity index (χ4n) is 3.92. The number of aromatic nitrogens is 2. The van der Waals surface area contributed by atoms with Crippen molar-refractivity contribution in [3.63, 3.8) is 0 Å². The number of hydrogen-bond acceptors (Lipinski definition) is 6. The fraction of sp³-hybridized carbons (Fsp3) is 0.500. The third kappa shape index (κ3) is 4.61. The number of hydrogen-bond donors (Lipinski definition) is 1. The van der Waals surface area contributed by atoms with Crippen molar-refractivity contribution in [3.8, 4) is 0 Å². The minimum absolute atomic E-state index is 0.0725. The quantitative estimate of drug-likeness (QED) is 0.630. The molecule has 0 aromatic carbocycles. The summed E-state index contributed by atoms with van der Waals surface area (Å²) in [6.07, 6.45) is 7.80. The molecule has 1 N–H and O–H groups in total. The minimum Gasteiger partial charge on any atom is -0.469 e. The van der Waals surface area contributed by atoms with E-state index >= 15 is 0 Å². The molecular formula is C22H28N4O2S. The lowest BCUT2D eigenvalue weighted by atomic mass is 9.95. The molecule has 1 amide bonds. The Labute approximate surface area is 175 Å². The number of nitrogens with one attached hydrogen (secondary N) is 1. The molecule has 0 saturated carbocycles. The topological polar surface area (TPSA) is 71.3 Å². The summed E-state index contributed by atoms with van der Waals surface area (Å²) in [6, 6.07) is 6.24. The molecule has 154 valence electrons. The summed E-state index contributed by atoms with van der Waals surface area (Å²) in [7, 11) is 0. The molecule has 3 aromatic rings. The summed E-state index contributed by atoms with van der Waals surface area (Å²) in [6.45, 7) is 5.93. The zero-order valence-corrected chi connectivity index (χ0v) is 17.9. The second-order valence-electron chi connectivity index (χ2n) is 7.77. The number of rotatable bonds is 7. The van der Waals surface area contributed by atoms with Gasteiger partial charge in [-0.25, -0.2) is 9.97 Å². The molecule has 1 atom stereocenters. The first-order valence-electron chi connectivity index (χ1n) is 10.4. The average molecular weight is 413 g/mol. The number of piperidine rings is 1. The van der Waals surface area contributed by atoms with Gasteiger partial charge in [-0.05, 0) is 50.8 Å². The van der Waals surface area contributed by atoms with Crippen molar-refractivity contribution < 1.29 is 9.21 Å². The Morgan fingerprint density at radius 3 is 2.93 bits per heavy atom. The van der Waals surface area contributed by atoms with Crippen molar-refractivity contribution in [2.75, 3.05) is 18.0 Å². The molecule has 4 rings (SSSR count). The molecule has 1 aliphatic heterocycles. The molecule has 0 aliphatic carbocycles. The van der Waals surface area contributed by atoms with Crippen LogP contribution in [0.1, 0.15) is 43.7 Å². The number of anilines is 1. The van der Waals surface area contributed by atoms with Crippen molar-refractivity contribution in [3.05, 3.63) is 41.4 Å². The molecule has 1 fully saturated rings. The monoisotopic (exact) mass is 412 g/mol. The molecule has 0 bridgehead atoms. The standard InChI is InChI=1S/C22H28N4O2S/c1-3-18-13-19-20(23-14-24-22(19)29-18)26-10-8-16(9-11-26)21(27)25-15(2)6-7-17-5-4-12-28-17/h4-5,12-16H,3,6-11H2,1-2H3,(H,25,27)/t15-/m0/s1. The molecule has 7 heteroatoms. The lowest BCUT2D eigenvalue weighted by Gasteiger charge is -2.32. The van der Waals surface area contributed by atoms with Gasteiger partial charge in [0.1, 0.15) is 22.7 Å². The summed E-state index contributed by atoms with van der Waals surface area (Å²) < 4.78 is 5.37. The first-order chi connectivity index (χ1) is 14.1. The van der Waals surface area contributed by atoms with Gasteiger partial charge in [-0.2, -0.15) is 0 Å². The van der Waals surface area contributed by atoms with E-state index in [1.54, 1.807) is 23.9 Å². The van der Waals surface area contributed by atoms with E-state index in [4.69, 9.17) is 4.42 Å². The van der Waals surface area contributed by atoms with Gasteiger partial charge in [-0.3, -0.25) is 4.79 Å². The lowest BCUT2D eigenvalue weighted by molar-refractivity contribution is -0.126. The second kappa shape index (κ2) is 8.95. The third-order valence-corrected chi connectivity index (χ3v) is 6.85. The van der Waals surface area contributed by atoms with Crippen LogP contribution in [0.3, 0.4) is 0 Å². The van der Waals surface area contributed by atoms with E-state index in [1.165, 1.54) is 4.88 Å². The molecule has 4 heterocycles. The highest BCUT2D eigenvalue weighted by Gasteiger charge is 2.27. The molecular weight excluding hydrogens is 384 g/mol. The Kier molecular flexibility index (Phi) is 6.13. The zero-order valence-electron chi connectivity index (χ0n) is 17.1. The molecule has 29 heavy (non-hydrogen) atoms. The van der Waals surface area contributed by atoms with Crippen LogP contribution in [0.2, 0.25) is 0 Å². The number of furan rings is 1. The minimum atomic E-state index is 0.0725. The number of amides is 1. The van der Waals surface area contributed by atoms with Gasteiger partial charge in [0.15, 0.2) is 0 Å². The number of carbonyl (C=O) groups is 1. The largest absolute Gasteiger partial charge is 0.469 e. The summed E-state index contributed by atoms with van der Waals surface area (Å²) in [5, 5.41) is 4.33. The molecule has 0 radical (unpaired) electrons. The van der Waals surface area contributed by atoms with E-state index in [9.17, 15) is 4.79 Å². The van der Waals surface area contributed by atoms with Crippen LogP contribution in [0.25, 0.3) is 10.2 Å². The molecule has 1 aliphatic rings. The number of nitrogens with zero attached hydrogens (tertiary/aromatic N) is 3. The molecule has 0 unspecified atom stereocenters. The Balaban J connectivity index is 1.31. The van der Waals surface area contributed by atoms with Crippen LogP contribution in [0.5, 0.6) is 0 Å². The maximum atomic E-state index is 12.7. The van der Waals surface area contributed by atoms with E-state index in [-0.39, 0.29) is 17.9 Å². The number of fused-ring (bicyclic) bond motifs is 1. The summed E-state index contributed by atoms with van der Waals surface area (Å²) >= 11 is 1.74. The second-order valence-corrected chi connectivity index (χ2v) is 8.89. The van der Waals surface area contributed by atoms with Crippen molar-refractivity contribution in [1.29, 1.82) is 0 Å². The van der Waals surface area contributed by atoms with Crippen molar-refractivity contribution in [2.24, 2.45) is 5.92 Å². The Hall–Kier alpha value is -2.41. The van der Waals surface area contributed by atoms with Crippen molar-refractivity contribution in [2.45, 2.75) is 52.0 Å². The van der Waals surface area contributed by atoms with Crippen LogP contribution in [0, 0.1) is 5.92 Å². The van der Waals surface area contributed by atoms with Crippen LogP contribution in [0.15, 0.2) is 35.2 Å². The van der Waals surface area contributed by atoms with E-state index in [2.05, 4.69) is 40.1 Å². The molecule has 6 nitrogen and oxygen atoms in total. The van der Waals surface area contributed by atoms with Gasteiger partial charge in [0.05, 0.1) is 11.6 Å². The molecule has 3 aromatic heterocycles. The maximum Gasteiger partial charge on any atom is 0.223 e. The van der Waals surface area contributed by atoms with Gasteiger partial charge >= 0.3 is 0 Å². The number of thiophene rings is 1. The van der Waals surface area contributed by atoms with Crippen LogP contribution >= 0.6 is 11.3 Å². The van der Waals surface area contributed by atoms with Gasteiger partial charge in [0.25, 0.3) is 0 Å². The van der Waals surface area contributed by atoms with E-state index < -0.39 is 0 Å². The van der Waals surface area contributed by atoms with Gasteiger partial charge in [-0.15, -0.1) is 11.3 Å². The van der Waals surface area contributed by atoms with Crippen LogP contribution in [-0.2, 0) is 17.6 Å². The van der Waals surface area contributed by atoms with Gasteiger partial charge in [0, 0.05) is 36.3 Å². The van der Waals surface area contributed by atoms with Crippen LogP contribution in [-0.4, -0.2) is 35.0 Å². The number of aryl methyl sites for hydroxylation is 2. The fourth-order valence-corrected chi connectivity index (χ4v) is 4.85. The summed E-state index contributed by atoms with van der Waals surface area (Å²) in [4.78, 5) is 26.4. The molecule has 1 saturated heterocycles. The van der Waals surface area contributed by atoms with E-state index in [1.807, 2.05) is 12.1 Å². The number of carbonyl (C=O) groups excluding carboxylic acids is 1. The SMILES string of the molecule is CCc1cc2c(N3CCC(C(=O)N[C@@H](C)CCc4ccco4)CC3)ncnc2s1. The summed E-state index contributed by atoms with van der Waals surface area (Å²) in [5.41, 5.74) is 0. The van der Waals surface area contributed by atoms with E-state index in [0.717, 1.165) is 67.0 Å². The van der Waals surface area contributed by atoms with Crippen LogP contribution in [0.4, 0.5) is 5.82 Å². The first kappa shape index (κ1) is 19.9. The van der Waals surface area contributed by atoms with E-state index in [0.29, 0.717) is 0 Å². The predicted octanol–water partition coefficient (Wildman–Crippen LogP) is 4.20. The Morgan fingerprint density at radius 2 is 2.21 bits per heavy atom. The lowest BCUT2D eigenvalue weighted by Crippen LogP contribution is -2.43. The summed E-state index contributed by atoms with van der Waals surface area (Å²) in [5.74, 6) is 2.23. The predicted molar refractivity (Wildman–Crippen MR) is 116 cm³/mol. The highest BCUT2D eigenvalue weighted by atomic mass is 32.1. The average Bonchev–Trinajstić information content (AvgIpc) is 3.41. The van der Waals surface area contributed by atoms with Crippen LogP contribution < -0.4 is 10.2 Å². The van der Waals surface area contributed by atoms with Gasteiger partial charge < -0.3 is 14.6 Å². The highest BCUT2D eigenvalue weighted by Crippen LogP contribution is 2.32. The van der Waals surface area contributed by atoms with Crippen molar-refractivity contribution in [1.82, 2.24) is 15.3 Å². The normalized spacial score (nSPS) is 16.3. The highest BCUT2D eigenvalue weighted by molar-refractivity contribution is 7.18. The van der Waals surface area contributed by atoms with Crippen molar-refractivity contribution >= 4 is 33.3 Å². The third-order valence-electron chi connectivity index (χ3n) is 5.67. The first-order valence-corrected chi connectivity index (χ1v) is 11.3. The Morgan fingerprint density at radius 1 is 1.38 bits per heavy atom. The molecule has 0 spiro atoms. The maximum absolute atomic E-state index is 12.7.